The molecular weight excluding hydrogens is 414 g/mol. The monoisotopic (exact) mass is 439 g/mol. The van der Waals surface area contributed by atoms with Gasteiger partial charge in [-0.25, -0.2) is 10.8 Å². The summed E-state index contributed by atoms with van der Waals surface area (Å²) in [6, 6.07) is 14.2. The van der Waals surface area contributed by atoms with Crippen LogP contribution in [0.15, 0.2) is 54.9 Å². The van der Waals surface area contributed by atoms with Gasteiger partial charge in [0.15, 0.2) is 17.2 Å². The summed E-state index contributed by atoms with van der Waals surface area (Å²) in [4.78, 5) is 22.7. The van der Waals surface area contributed by atoms with E-state index in [4.69, 9.17) is 10.8 Å². The Morgan fingerprint density at radius 1 is 1.00 bits per heavy atom. The predicted molar refractivity (Wildman–Crippen MR) is 127 cm³/mol. The second-order valence-electron chi connectivity index (χ2n) is 8.68. The van der Waals surface area contributed by atoms with Crippen molar-refractivity contribution in [3.63, 3.8) is 0 Å². The highest BCUT2D eigenvalue weighted by Gasteiger charge is 2.33. The predicted octanol–water partition coefficient (Wildman–Crippen LogP) is 3.19. The van der Waals surface area contributed by atoms with Crippen LogP contribution in [-0.2, 0) is 0 Å². The average molecular weight is 440 g/mol. The molecule has 1 saturated heterocycles. The minimum atomic E-state index is 0.0977. The van der Waals surface area contributed by atoms with Crippen molar-refractivity contribution in [3.8, 4) is 22.4 Å². The lowest BCUT2D eigenvalue weighted by Crippen LogP contribution is -2.41. The van der Waals surface area contributed by atoms with Crippen molar-refractivity contribution >= 4 is 17.2 Å². The molecule has 2 aliphatic rings. The van der Waals surface area contributed by atoms with Crippen molar-refractivity contribution in [1.82, 2.24) is 24.9 Å². The number of hydrazine groups is 1. The summed E-state index contributed by atoms with van der Waals surface area (Å²) in [5.74, 6) is 7.34. The maximum Gasteiger partial charge on any atom is 0.170 e. The number of hydrogen-bond donors (Lipinski definition) is 2. The molecule has 3 N–H and O–H groups in total. The van der Waals surface area contributed by atoms with Gasteiger partial charge in [-0.2, -0.15) is 9.61 Å². The number of nitrogens with one attached hydrogen (secondary N) is 1. The molecule has 166 valence electrons. The Labute approximate surface area is 191 Å². The molecule has 4 aromatic rings. The SMILES string of the molecule is NN1CCC(=O)c2c(C3CCNCC3)nc3c(-c4ccc(-c5ccccc5)nc4)cnn3c21. The number of carbonyl (C=O) groups is 1. The number of nitrogens with two attached hydrogens (primary N) is 1. The van der Waals surface area contributed by atoms with Crippen molar-refractivity contribution in [2.45, 2.75) is 25.2 Å². The molecule has 0 unspecified atom stereocenters. The lowest BCUT2D eigenvalue weighted by molar-refractivity contribution is 0.0976. The fourth-order valence-electron chi connectivity index (χ4n) is 4.91. The third kappa shape index (κ3) is 3.39. The number of benzene rings is 1. The van der Waals surface area contributed by atoms with Gasteiger partial charge in [0.2, 0.25) is 0 Å². The van der Waals surface area contributed by atoms with E-state index in [0.29, 0.717) is 30.0 Å². The summed E-state index contributed by atoms with van der Waals surface area (Å²) in [5, 5.41) is 9.64. The fraction of sp³-hybridized carbons (Fsp3) is 0.280. The first-order valence-electron chi connectivity index (χ1n) is 11.4. The van der Waals surface area contributed by atoms with Crippen molar-refractivity contribution in [1.29, 1.82) is 0 Å². The van der Waals surface area contributed by atoms with Crippen LogP contribution in [0.4, 0.5) is 5.82 Å². The van der Waals surface area contributed by atoms with Gasteiger partial charge in [-0.3, -0.25) is 14.8 Å². The van der Waals surface area contributed by atoms with E-state index < -0.39 is 0 Å². The topological polar surface area (TPSA) is 101 Å². The van der Waals surface area contributed by atoms with Crippen LogP contribution >= 0.6 is 0 Å². The Balaban J connectivity index is 1.50. The van der Waals surface area contributed by atoms with E-state index >= 15 is 0 Å². The summed E-state index contributed by atoms with van der Waals surface area (Å²) in [6.45, 7) is 2.31. The molecule has 0 amide bonds. The van der Waals surface area contributed by atoms with Gasteiger partial charge in [-0.1, -0.05) is 36.4 Å². The lowest BCUT2D eigenvalue weighted by atomic mass is 9.88. The molecule has 0 atom stereocenters. The van der Waals surface area contributed by atoms with Gasteiger partial charge in [0, 0.05) is 41.8 Å². The molecule has 0 saturated carbocycles. The zero-order chi connectivity index (χ0) is 22.4. The van der Waals surface area contributed by atoms with Gasteiger partial charge in [-0.15, -0.1) is 0 Å². The summed E-state index contributed by atoms with van der Waals surface area (Å²) >= 11 is 0. The molecule has 0 bridgehead atoms. The van der Waals surface area contributed by atoms with Crippen LogP contribution in [0, 0.1) is 0 Å². The second kappa shape index (κ2) is 8.06. The molecule has 1 aromatic carbocycles. The zero-order valence-corrected chi connectivity index (χ0v) is 18.2. The molecule has 8 nitrogen and oxygen atoms in total. The van der Waals surface area contributed by atoms with Gasteiger partial charge in [-0.05, 0) is 32.0 Å². The molecule has 8 heteroatoms. The Bertz CT molecular complexity index is 1320. The number of fused-ring (bicyclic) bond motifs is 3. The van der Waals surface area contributed by atoms with Crippen molar-refractivity contribution in [3.05, 3.63) is 66.1 Å². The van der Waals surface area contributed by atoms with Crippen LogP contribution in [-0.4, -0.2) is 45.0 Å². The minimum Gasteiger partial charge on any atom is -0.317 e. The second-order valence-corrected chi connectivity index (χ2v) is 8.68. The molecule has 1 fully saturated rings. The molecule has 2 aliphatic heterocycles. The quantitative estimate of drug-likeness (QED) is 0.473. The van der Waals surface area contributed by atoms with E-state index in [-0.39, 0.29) is 11.7 Å². The molecule has 5 heterocycles. The number of hydrogen-bond acceptors (Lipinski definition) is 7. The van der Waals surface area contributed by atoms with E-state index in [2.05, 4.69) is 15.4 Å². The first kappa shape index (κ1) is 20.0. The van der Waals surface area contributed by atoms with Crippen LogP contribution in [0.1, 0.15) is 41.2 Å². The molecule has 3 aromatic heterocycles. The van der Waals surface area contributed by atoms with Gasteiger partial charge in [0.1, 0.15) is 0 Å². The average Bonchev–Trinajstić information content (AvgIpc) is 3.30. The Morgan fingerprint density at radius 2 is 1.82 bits per heavy atom. The number of Topliss-reactive ketones (excluding diaryl/α,β-unsaturated/α-hetero) is 1. The highest BCUT2D eigenvalue weighted by atomic mass is 16.1. The van der Waals surface area contributed by atoms with Crippen molar-refractivity contribution < 1.29 is 4.79 Å². The van der Waals surface area contributed by atoms with Crippen molar-refractivity contribution in [2.24, 2.45) is 5.84 Å². The highest BCUT2D eigenvalue weighted by Crippen LogP contribution is 2.37. The van der Waals surface area contributed by atoms with Crippen LogP contribution in [0.25, 0.3) is 28.0 Å². The number of nitrogens with zero attached hydrogens (tertiary/aromatic N) is 5. The molecule has 6 rings (SSSR count). The summed E-state index contributed by atoms with van der Waals surface area (Å²) < 4.78 is 1.72. The Hall–Kier alpha value is -3.62. The van der Waals surface area contributed by atoms with Crippen LogP contribution < -0.4 is 16.2 Å². The summed E-state index contributed by atoms with van der Waals surface area (Å²) in [6.07, 6.45) is 5.94. The Kier molecular flexibility index (Phi) is 4.89. The summed E-state index contributed by atoms with van der Waals surface area (Å²) in [5.41, 5.74) is 5.99. The number of pyridine rings is 1. The normalized spacial score (nSPS) is 16.9. The standard InChI is InChI=1S/C25H25N7O/c26-31-13-10-21(33)22-23(17-8-11-27-12-9-17)30-24-19(15-29-32(24)25(22)31)18-6-7-20(28-14-18)16-4-2-1-3-5-16/h1-7,14-15,17,27H,8-13,26H2. The van der Waals surface area contributed by atoms with Crippen molar-refractivity contribution in [2.75, 3.05) is 24.6 Å². The number of carbonyl (C=O) groups excluding carboxylic acids is 1. The van der Waals surface area contributed by atoms with E-state index in [1.807, 2.05) is 48.7 Å². The third-order valence-corrected chi connectivity index (χ3v) is 6.65. The van der Waals surface area contributed by atoms with Gasteiger partial charge < -0.3 is 5.32 Å². The number of rotatable bonds is 3. The maximum absolute atomic E-state index is 13.0. The maximum atomic E-state index is 13.0. The Morgan fingerprint density at radius 3 is 2.58 bits per heavy atom. The zero-order valence-electron chi connectivity index (χ0n) is 18.2. The molecular formula is C25H25N7O. The summed E-state index contributed by atoms with van der Waals surface area (Å²) in [7, 11) is 0. The minimum absolute atomic E-state index is 0.0977. The highest BCUT2D eigenvalue weighted by molar-refractivity contribution is 6.04. The van der Waals surface area contributed by atoms with Gasteiger partial charge in [0.05, 0.1) is 23.1 Å². The molecule has 0 radical (unpaired) electrons. The molecule has 0 aliphatic carbocycles. The first-order chi connectivity index (χ1) is 16.2. The van der Waals surface area contributed by atoms with Crippen LogP contribution in [0.5, 0.6) is 0 Å². The van der Waals surface area contributed by atoms with Gasteiger partial charge >= 0.3 is 0 Å². The van der Waals surface area contributed by atoms with E-state index in [1.165, 1.54) is 0 Å². The smallest absolute Gasteiger partial charge is 0.170 e. The van der Waals surface area contributed by atoms with Crippen LogP contribution in [0.3, 0.4) is 0 Å². The lowest BCUT2D eigenvalue weighted by Gasteiger charge is -2.31. The van der Waals surface area contributed by atoms with E-state index in [9.17, 15) is 4.79 Å². The number of aromatic nitrogens is 4. The molecule has 33 heavy (non-hydrogen) atoms. The molecule has 0 spiro atoms. The number of anilines is 1. The fourth-order valence-corrected chi connectivity index (χ4v) is 4.91. The largest absolute Gasteiger partial charge is 0.317 e. The van der Waals surface area contributed by atoms with E-state index in [1.54, 1.807) is 15.7 Å². The number of piperidine rings is 1. The third-order valence-electron chi connectivity index (χ3n) is 6.65. The van der Waals surface area contributed by atoms with Crippen LogP contribution in [0.2, 0.25) is 0 Å². The van der Waals surface area contributed by atoms with E-state index in [0.717, 1.165) is 54.0 Å². The first-order valence-corrected chi connectivity index (χ1v) is 11.4. The van der Waals surface area contributed by atoms with Gasteiger partial charge in [0.25, 0.3) is 0 Å². The number of ketones is 1.